The third kappa shape index (κ3) is 2.97. The predicted molar refractivity (Wildman–Crippen MR) is 101 cm³/mol. The quantitative estimate of drug-likeness (QED) is 0.848. The van der Waals surface area contributed by atoms with Gasteiger partial charge < -0.3 is 10.2 Å². The smallest absolute Gasteiger partial charge is 0.231 e. The predicted octanol–water partition coefficient (Wildman–Crippen LogP) is 4.00. The largest absolute Gasteiger partial charge is 0.325 e. The van der Waals surface area contributed by atoms with Crippen LogP contribution in [-0.4, -0.2) is 17.9 Å². The first-order valence-electron chi connectivity index (χ1n) is 8.52. The molecule has 2 aromatic rings. The van der Waals surface area contributed by atoms with Crippen LogP contribution in [0.4, 0.5) is 11.4 Å². The summed E-state index contributed by atoms with van der Waals surface area (Å²) in [6, 6.07) is 15.7. The molecular weight excluding hydrogens is 380 g/mol. The molecule has 5 heteroatoms. The van der Waals surface area contributed by atoms with E-state index in [1.807, 2.05) is 47.4 Å². The van der Waals surface area contributed by atoms with Crippen molar-refractivity contribution >= 4 is 39.1 Å². The van der Waals surface area contributed by atoms with Crippen molar-refractivity contribution < 1.29 is 9.59 Å². The van der Waals surface area contributed by atoms with Crippen molar-refractivity contribution in [3.8, 4) is 0 Å². The summed E-state index contributed by atoms with van der Waals surface area (Å²) in [6.45, 7) is 2.07. The summed E-state index contributed by atoms with van der Waals surface area (Å²) in [5, 5.41) is 2.92. The van der Waals surface area contributed by atoms with E-state index in [0.717, 1.165) is 22.3 Å². The Hall–Kier alpha value is -2.14. The lowest BCUT2D eigenvalue weighted by atomic mass is 10.1. The van der Waals surface area contributed by atoms with Crippen LogP contribution >= 0.6 is 15.9 Å². The van der Waals surface area contributed by atoms with Crippen molar-refractivity contribution in [2.45, 2.75) is 25.8 Å². The van der Waals surface area contributed by atoms with E-state index in [4.69, 9.17) is 0 Å². The van der Waals surface area contributed by atoms with Crippen LogP contribution in [0.25, 0.3) is 0 Å². The fraction of sp³-hybridized carbons (Fsp3) is 0.300. The molecule has 1 N–H and O–H groups in total. The number of para-hydroxylation sites is 2. The number of amides is 2. The first kappa shape index (κ1) is 16.3. The van der Waals surface area contributed by atoms with Gasteiger partial charge in [-0.2, -0.15) is 0 Å². The lowest BCUT2D eigenvalue weighted by molar-refractivity contribution is -0.123. The third-order valence-corrected chi connectivity index (χ3v) is 5.71. The minimum atomic E-state index is -0.237. The third-order valence-electron chi connectivity index (χ3n) is 5.02. The minimum Gasteiger partial charge on any atom is -0.325 e. The first-order chi connectivity index (χ1) is 12.1. The molecule has 0 spiro atoms. The molecule has 0 bridgehead atoms. The molecule has 4 nitrogen and oxygen atoms in total. The Balaban J connectivity index is 1.45. The standard InChI is InChI=1S/C20H19BrN2O2/c1-12-10-13-6-2-5-9-18(13)23(12)20(25)15-11-14(15)19(24)22-17-8-4-3-7-16(17)21/h2-9,12,14-15H,10-11H2,1H3,(H,22,24). The zero-order valence-corrected chi connectivity index (χ0v) is 15.5. The van der Waals surface area contributed by atoms with Crippen molar-refractivity contribution in [1.29, 1.82) is 0 Å². The molecule has 128 valence electrons. The number of anilines is 2. The average molecular weight is 399 g/mol. The Morgan fingerprint density at radius 1 is 1.08 bits per heavy atom. The summed E-state index contributed by atoms with van der Waals surface area (Å²) in [4.78, 5) is 27.3. The summed E-state index contributed by atoms with van der Waals surface area (Å²) in [5.74, 6) is -0.453. The number of halogens is 1. The van der Waals surface area contributed by atoms with Gasteiger partial charge in [-0.25, -0.2) is 0 Å². The van der Waals surface area contributed by atoms with Crippen molar-refractivity contribution in [2.24, 2.45) is 11.8 Å². The molecule has 3 unspecified atom stereocenters. The molecule has 1 fully saturated rings. The summed E-state index contributed by atoms with van der Waals surface area (Å²) >= 11 is 3.43. The topological polar surface area (TPSA) is 49.4 Å². The number of nitrogens with zero attached hydrogens (tertiary/aromatic N) is 1. The summed E-state index contributed by atoms with van der Waals surface area (Å²) < 4.78 is 0.842. The van der Waals surface area contributed by atoms with E-state index in [1.165, 1.54) is 5.56 Å². The highest BCUT2D eigenvalue weighted by Crippen LogP contribution is 2.44. The van der Waals surface area contributed by atoms with E-state index in [0.29, 0.717) is 6.42 Å². The highest BCUT2D eigenvalue weighted by molar-refractivity contribution is 9.10. The number of hydrogen-bond donors (Lipinski definition) is 1. The summed E-state index contributed by atoms with van der Waals surface area (Å²) in [5.41, 5.74) is 2.94. The molecule has 3 atom stereocenters. The molecule has 1 aliphatic heterocycles. The van der Waals surface area contributed by atoms with E-state index in [1.54, 1.807) is 0 Å². The molecule has 1 aliphatic carbocycles. The second kappa shape index (κ2) is 6.30. The molecule has 0 aromatic heterocycles. The highest BCUT2D eigenvalue weighted by atomic mass is 79.9. The van der Waals surface area contributed by atoms with Crippen molar-refractivity contribution in [3.05, 3.63) is 58.6 Å². The van der Waals surface area contributed by atoms with Crippen LogP contribution in [0, 0.1) is 11.8 Å². The van der Waals surface area contributed by atoms with Gasteiger partial charge in [0.1, 0.15) is 0 Å². The number of benzene rings is 2. The van der Waals surface area contributed by atoms with Crippen molar-refractivity contribution in [1.82, 2.24) is 0 Å². The minimum absolute atomic E-state index is 0.0738. The van der Waals surface area contributed by atoms with Gasteiger partial charge in [-0.15, -0.1) is 0 Å². The normalized spacial score (nSPS) is 23.9. The van der Waals surface area contributed by atoms with Crippen LogP contribution in [-0.2, 0) is 16.0 Å². The van der Waals surface area contributed by atoms with Crippen molar-refractivity contribution in [3.63, 3.8) is 0 Å². The summed E-state index contributed by atoms with van der Waals surface area (Å²) in [6.07, 6.45) is 1.50. The lowest BCUT2D eigenvalue weighted by Gasteiger charge is -2.23. The van der Waals surface area contributed by atoms with Gasteiger partial charge in [-0.3, -0.25) is 9.59 Å². The Kier molecular flexibility index (Phi) is 4.12. The number of hydrogen-bond acceptors (Lipinski definition) is 2. The number of carbonyl (C=O) groups excluding carboxylic acids is 2. The van der Waals surface area contributed by atoms with E-state index in [9.17, 15) is 9.59 Å². The zero-order valence-electron chi connectivity index (χ0n) is 13.9. The van der Waals surface area contributed by atoms with E-state index < -0.39 is 0 Å². The Labute approximate surface area is 155 Å². The van der Waals surface area contributed by atoms with Gasteiger partial charge in [0.25, 0.3) is 0 Å². The maximum absolute atomic E-state index is 13.0. The SMILES string of the molecule is CC1Cc2ccccc2N1C(=O)C1CC1C(=O)Nc1ccccc1Br. The fourth-order valence-corrected chi connectivity index (χ4v) is 4.01. The Morgan fingerprint density at radius 2 is 1.80 bits per heavy atom. The second-order valence-electron chi connectivity index (χ2n) is 6.81. The average Bonchev–Trinajstić information content (AvgIpc) is 3.33. The molecule has 1 saturated carbocycles. The van der Waals surface area contributed by atoms with Crippen LogP contribution in [0.3, 0.4) is 0 Å². The molecule has 1 heterocycles. The van der Waals surface area contributed by atoms with E-state index >= 15 is 0 Å². The Morgan fingerprint density at radius 3 is 2.60 bits per heavy atom. The number of fused-ring (bicyclic) bond motifs is 1. The molecule has 4 rings (SSSR count). The van der Waals surface area contributed by atoms with Gasteiger partial charge in [-0.1, -0.05) is 30.3 Å². The van der Waals surface area contributed by atoms with Crippen LogP contribution in [0.5, 0.6) is 0 Å². The van der Waals surface area contributed by atoms with Gasteiger partial charge in [0.2, 0.25) is 11.8 Å². The van der Waals surface area contributed by atoms with Gasteiger partial charge in [0.15, 0.2) is 0 Å². The van der Waals surface area contributed by atoms with Gasteiger partial charge in [-0.05, 0) is 59.5 Å². The molecule has 0 radical (unpaired) electrons. The lowest BCUT2D eigenvalue weighted by Crippen LogP contribution is -2.37. The van der Waals surface area contributed by atoms with Crippen LogP contribution in [0.1, 0.15) is 18.9 Å². The fourth-order valence-electron chi connectivity index (χ4n) is 3.63. The number of rotatable bonds is 3. The highest BCUT2D eigenvalue weighted by Gasteiger charge is 2.51. The molecule has 2 amide bonds. The summed E-state index contributed by atoms with van der Waals surface area (Å²) in [7, 11) is 0. The molecule has 2 aliphatic rings. The van der Waals surface area contributed by atoms with Crippen LogP contribution in [0.15, 0.2) is 53.0 Å². The van der Waals surface area contributed by atoms with E-state index in [2.05, 4.69) is 34.2 Å². The van der Waals surface area contributed by atoms with Gasteiger partial charge in [0, 0.05) is 16.2 Å². The van der Waals surface area contributed by atoms with E-state index in [-0.39, 0.29) is 29.7 Å². The number of carbonyl (C=O) groups is 2. The molecule has 25 heavy (non-hydrogen) atoms. The van der Waals surface area contributed by atoms with Crippen LogP contribution < -0.4 is 10.2 Å². The number of nitrogens with one attached hydrogen (secondary N) is 1. The zero-order chi connectivity index (χ0) is 17.6. The van der Waals surface area contributed by atoms with Gasteiger partial charge in [0.05, 0.1) is 17.5 Å². The Bertz CT molecular complexity index is 851. The van der Waals surface area contributed by atoms with Gasteiger partial charge >= 0.3 is 0 Å². The monoisotopic (exact) mass is 398 g/mol. The molecule has 0 saturated heterocycles. The molecule has 2 aromatic carbocycles. The van der Waals surface area contributed by atoms with Crippen LogP contribution in [0.2, 0.25) is 0 Å². The maximum atomic E-state index is 13.0. The molecular formula is C20H19BrN2O2. The second-order valence-corrected chi connectivity index (χ2v) is 7.66. The first-order valence-corrected chi connectivity index (χ1v) is 9.32. The van der Waals surface area contributed by atoms with Crippen molar-refractivity contribution in [2.75, 3.05) is 10.2 Å². The maximum Gasteiger partial charge on any atom is 0.231 e.